The number of aromatic amines is 1. The summed E-state index contributed by atoms with van der Waals surface area (Å²) in [6.07, 6.45) is 0.338. The highest BCUT2D eigenvalue weighted by atomic mass is 19.4. The van der Waals surface area contributed by atoms with Gasteiger partial charge in [-0.2, -0.15) is 18.4 Å². The lowest BCUT2D eigenvalue weighted by atomic mass is 9.73. The molecule has 3 heterocycles. The third-order valence-corrected chi connectivity index (χ3v) is 8.31. The van der Waals surface area contributed by atoms with Crippen molar-refractivity contribution in [1.82, 2.24) is 30.8 Å². The van der Waals surface area contributed by atoms with E-state index >= 15 is 0 Å². The molecule has 8 nitrogen and oxygen atoms in total. The van der Waals surface area contributed by atoms with E-state index in [1.807, 2.05) is 0 Å². The third-order valence-electron chi connectivity index (χ3n) is 8.31. The fraction of sp³-hybridized carbons (Fsp3) is 0.680. The largest absolute Gasteiger partial charge is 0.416 e. The first-order valence-electron chi connectivity index (χ1n) is 12.8. The lowest BCUT2D eigenvalue weighted by Gasteiger charge is -2.40. The molecular weight excluding hydrogens is 473 g/mol. The highest BCUT2D eigenvalue weighted by molar-refractivity contribution is 5.84. The molecule has 1 saturated heterocycles. The summed E-state index contributed by atoms with van der Waals surface area (Å²) in [4.78, 5) is 15.8. The van der Waals surface area contributed by atoms with Gasteiger partial charge in [0, 0.05) is 44.0 Å². The lowest BCUT2D eigenvalue weighted by molar-refractivity contribution is -0.145. The first kappa shape index (κ1) is 25.1. The molecule has 1 aromatic heterocycles. The van der Waals surface area contributed by atoms with Crippen molar-refractivity contribution < 1.29 is 22.7 Å². The van der Waals surface area contributed by atoms with Crippen molar-refractivity contribution in [3.63, 3.8) is 0 Å². The second-order valence-electron chi connectivity index (χ2n) is 10.7. The van der Waals surface area contributed by atoms with Crippen LogP contribution in [0.1, 0.15) is 62.6 Å². The lowest BCUT2D eigenvalue weighted by Crippen LogP contribution is -2.49. The maximum absolute atomic E-state index is 14.0. The number of H-pyrrole nitrogens is 1. The minimum Gasteiger partial charge on any atom is -0.381 e. The molecule has 5 rings (SSSR count). The summed E-state index contributed by atoms with van der Waals surface area (Å²) in [6, 6.07) is 2.93. The van der Waals surface area contributed by atoms with Gasteiger partial charge in [-0.05, 0) is 72.9 Å². The predicted octanol–water partition coefficient (Wildman–Crippen LogP) is 3.73. The van der Waals surface area contributed by atoms with Crippen LogP contribution in [-0.2, 0) is 28.7 Å². The summed E-state index contributed by atoms with van der Waals surface area (Å²) < 4.78 is 46.6. The van der Waals surface area contributed by atoms with Crippen LogP contribution < -0.4 is 5.32 Å². The van der Waals surface area contributed by atoms with Gasteiger partial charge in [0.25, 0.3) is 0 Å². The Bertz CT molecular complexity index is 1080. The highest BCUT2D eigenvalue weighted by Gasteiger charge is 2.50. The van der Waals surface area contributed by atoms with Crippen molar-refractivity contribution in [2.45, 2.75) is 77.2 Å². The molecule has 36 heavy (non-hydrogen) atoms. The molecule has 2 fully saturated rings. The van der Waals surface area contributed by atoms with Gasteiger partial charge in [-0.25, -0.2) is 0 Å². The number of fused-ring (bicyclic) bond motifs is 1. The van der Waals surface area contributed by atoms with Crippen LogP contribution in [-0.4, -0.2) is 63.3 Å². The number of hydrogen-bond donors (Lipinski definition) is 2. The summed E-state index contributed by atoms with van der Waals surface area (Å²) in [5.41, 5.74) is 0.283. The van der Waals surface area contributed by atoms with Crippen LogP contribution in [0.15, 0.2) is 12.1 Å². The van der Waals surface area contributed by atoms with E-state index in [2.05, 4.69) is 39.8 Å². The Morgan fingerprint density at radius 2 is 2.00 bits per heavy atom. The van der Waals surface area contributed by atoms with E-state index in [1.54, 1.807) is 4.90 Å². The van der Waals surface area contributed by atoms with E-state index < -0.39 is 17.2 Å². The molecule has 0 bridgehead atoms. The van der Waals surface area contributed by atoms with Crippen molar-refractivity contribution in [2.75, 3.05) is 19.8 Å². The first-order chi connectivity index (χ1) is 17.2. The molecule has 1 amide bonds. The number of halogens is 3. The second kappa shape index (κ2) is 9.74. The molecule has 1 saturated carbocycles. The van der Waals surface area contributed by atoms with Crippen LogP contribution in [0, 0.1) is 11.3 Å². The number of rotatable bonds is 5. The normalized spacial score (nSPS) is 25.4. The van der Waals surface area contributed by atoms with Gasteiger partial charge in [-0.15, -0.1) is 10.2 Å². The van der Waals surface area contributed by atoms with E-state index in [-0.39, 0.29) is 30.2 Å². The van der Waals surface area contributed by atoms with Gasteiger partial charge in [-0.1, -0.05) is 13.8 Å². The molecule has 0 unspecified atom stereocenters. The maximum atomic E-state index is 14.0. The third kappa shape index (κ3) is 4.74. The molecule has 2 aromatic rings. The summed E-state index contributed by atoms with van der Waals surface area (Å²) in [6.45, 7) is 6.30. The molecule has 2 atom stereocenters. The van der Waals surface area contributed by atoms with Crippen LogP contribution in [0.25, 0.3) is 11.4 Å². The topological polar surface area (TPSA) is 96.0 Å². The van der Waals surface area contributed by atoms with Gasteiger partial charge in [0.2, 0.25) is 11.7 Å². The predicted molar refractivity (Wildman–Crippen MR) is 126 cm³/mol. The monoisotopic (exact) mass is 506 g/mol. The van der Waals surface area contributed by atoms with Gasteiger partial charge >= 0.3 is 6.18 Å². The van der Waals surface area contributed by atoms with E-state index in [0.717, 1.165) is 56.9 Å². The Labute approximate surface area is 208 Å². The molecule has 0 radical (unpaired) electrons. The Morgan fingerprint density at radius 3 is 2.67 bits per heavy atom. The number of ether oxygens (including phenoxy) is 1. The van der Waals surface area contributed by atoms with Crippen molar-refractivity contribution in [2.24, 2.45) is 11.3 Å². The van der Waals surface area contributed by atoms with Gasteiger partial charge in [0.1, 0.15) is 0 Å². The fourth-order valence-electron chi connectivity index (χ4n) is 6.21. The highest BCUT2D eigenvalue weighted by Crippen LogP contribution is 2.47. The number of amides is 1. The number of alkyl halides is 3. The number of tetrazole rings is 1. The van der Waals surface area contributed by atoms with E-state index in [1.165, 1.54) is 6.07 Å². The number of carbonyl (C=O) groups is 1. The number of nitrogens with one attached hydrogen (secondary N) is 2. The average Bonchev–Trinajstić information content (AvgIpc) is 3.54. The summed E-state index contributed by atoms with van der Waals surface area (Å²) in [5.74, 6) is 0.316. The zero-order valence-corrected chi connectivity index (χ0v) is 20.7. The van der Waals surface area contributed by atoms with Crippen molar-refractivity contribution in [3.8, 4) is 11.4 Å². The zero-order chi connectivity index (χ0) is 25.5. The molecule has 1 aliphatic carbocycles. The standard InChI is InChI=1S/C25H33F3N6O2/c1-15(2)24(7-3-19(13-24)29-18-5-9-36-10-6-18)23(35)34-8-4-20-16(14-34)11-17(25(26,27)28)12-21(20)22-30-32-33-31-22/h11-12,15,18-19,29H,3-10,13-14H2,1-2H3,(H,30,31,32,33)/t19-,24+/m1/s1. The maximum Gasteiger partial charge on any atom is 0.416 e. The molecule has 196 valence electrons. The molecule has 2 aliphatic heterocycles. The van der Waals surface area contributed by atoms with Crippen LogP contribution in [0.5, 0.6) is 0 Å². The molecule has 2 N–H and O–H groups in total. The van der Waals surface area contributed by atoms with E-state index in [9.17, 15) is 18.0 Å². The van der Waals surface area contributed by atoms with E-state index in [4.69, 9.17) is 4.74 Å². The van der Waals surface area contributed by atoms with Crippen LogP contribution >= 0.6 is 0 Å². The van der Waals surface area contributed by atoms with Crippen molar-refractivity contribution in [3.05, 3.63) is 28.8 Å². The average molecular weight is 507 g/mol. The Morgan fingerprint density at radius 1 is 1.22 bits per heavy atom. The Balaban J connectivity index is 1.39. The zero-order valence-electron chi connectivity index (χ0n) is 20.7. The summed E-state index contributed by atoms with van der Waals surface area (Å²) in [7, 11) is 0. The van der Waals surface area contributed by atoms with Gasteiger partial charge in [-0.3, -0.25) is 4.79 Å². The molecule has 3 aliphatic rings. The summed E-state index contributed by atoms with van der Waals surface area (Å²) in [5, 5.41) is 17.4. The molecule has 0 spiro atoms. The van der Waals surface area contributed by atoms with Gasteiger partial charge < -0.3 is 15.0 Å². The minimum atomic E-state index is -4.52. The van der Waals surface area contributed by atoms with Crippen LogP contribution in [0.2, 0.25) is 0 Å². The summed E-state index contributed by atoms with van der Waals surface area (Å²) >= 11 is 0. The van der Waals surface area contributed by atoms with Gasteiger partial charge in [0.05, 0.1) is 11.0 Å². The molecule has 1 aromatic carbocycles. The number of carbonyl (C=O) groups excluding carboxylic acids is 1. The molecule has 11 heteroatoms. The quantitative estimate of drug-likeness (QED) is 0.642. The number of aromatic nitrogens is 4. The number of hydrogen-bond acceptors (Lipinski definition) is 6. The van der Waals surface area contributed by atoms with Crippen molar-refractivity contribution >= 4 is 5.91 Å². The number of nitrogens with zero attached hydrogens (tertiary/aromatic N) is 4. The van der Waals surface area contributed by atoms with Gasteiger partial charge in [0.15, 0.2) is 0 Å². The second-order valence-corrected chi connectivity index (χ2v) is 10.7. The van der Waals surface area contributed by atoms with Crippen LogP contribution in [0.4, 0.5) is 13.2 Å². The fourth-order valence-corrected chi connectivity index (χ4v) is 6.21. The smallest absolute Gasteiger partial charge is 0.381 e. The van der Waals surface area contributed by atoms with E-state index in [0.29, 0.717) is 30.1 Å². The minimum absolute atomic E-state index is 0.0537. The first-order valence-corrected chi connectivity index (χ1v) is 12.8. The van der Waals surface area contributed by atoms with Crippen molar-refractivity contribution in [1.29, 1.82) is 0 Å². The van der Waals surface area contributed by atoms with Crippen LogP contribution in [0.3, 0.4) is 0 Å². The SMILES string of the molecule is CC(C)[C@]1(C(=O)N2CCc3c(cc(C(F)(F)F)cc3-c3nn[nH]n3)C2)CC[C@@H](NC2CCOCC2)C1. The molecular formula is C25H33F3N6O2. The number of benzene rings is 1. The Kier molecular flexibility index (Phi) is 6.80. The Hall–Kier alpha value is -2.53.